The van der Waals surface area contributed by atoms with Gasteiger partial charge in [-0.05, 0) is 12.8 Å². The lowest BCUT2D eigenvalue weighted by Crippen LogP contribution is -2.23. The molecule has 142 valence electrons. The minimum absolute atomic E-state index is 0.0300. The number of halogens is 3. The Balaban J connectivity index is 1.79. The van der Waals surface area contributed by atoms with Gasteiger partial charge in [-0.2, -0.15) is 8.78 Å². The quantitative estimate of drug-likeness (QED) is 0.789. The van der Waals surface area contributed by atoms with E-state index in [9.17, 15) is 13.6 Å². The zero-order valence-electron chi connectivity index (χ0n) is 14.9. The van der Waals surface area contributed by atoms with Crippen molar-refractivity contribution < 1.29 is 13.6 Å². The second-order valence-electron chi connectivity index (χ2n) is 7.06. The summed E-state index contributed by atoms with van der Waals surface area (Å²) in [5.41, 5.74) is 1.80. The molecule has 1 amide bonds. The van der Waals surface area contributed by atoms with E-state index in [-0.39, 0.29) is 16.5 Å². The molecule has 2 aliphatic rings. The number of carbonyl (C=O) groups is 1. The number of anilines is 3. The van der Waals surface area contributed by atoms with Crippen molar-refractivity contribution in [1.82, 2.24) is 15.0 Å². The molecule has 0 saturated heterocycles. The number of hydrogen-bond acceptors (Lipinski definition) is 5. The summed E-state index contributed by atoms with van der Waals surface area (Å²) in [6.45, 7) is 3.38. The molecular formula is C18H18ClF2N5O. The maximum atomic E-state index is 14.1. The molecule has 2 aromatic heterocycles. The molecule has 6 nitrogen and oxygen atoms in total. The maximum absolute atomic E-state index is 14.1. The zero-order chi connectivity index (χ0) is 19.4. The highest BCUT2D eigenvalue weighted by molar-refractivity contribution is 6.29. The summed E-state index contributed by atoms with van der Waals surface area (Å²) in [6.07, 6.45) is 3.32. The van der Waals surface area contributed by atoms with Gasteiger partial charge in [-0.15, -0.1) is 0 Å². The standard InChI is InChI=1S/C18H18ClF2N5O/c1-3-18(20,21)16-24-13(19)7-15(25-16)26-9-17(4-5-17)11-8-22-14(6-12(11)26)23-10(2)27/h6-8H,3-5,9H2,1-2H3,(H,22,23,27). The molecule has 0 radical (unpaired) electrons. The highest BCUT2D eigenvalue weighted by atomic mass is 35.5. The molecule has 1 aliphatic heterocycles. The van der Waals surface area contributed by atoms with Crippen molar-refractivity contribution in [2.75, 3.05) is 16.8 Å². The van der Waals surface area contributed by atoms with Crippen LogP contribution in [0.15, 0.2) is 18.3 Å². The molecule has 1 spiro atoms. The lowest BCUT2D eigenvalue weighted by Gasteiger charge is -2.21. The Bertz CT molecular complexity index is 932. The summed E-state index contributed by atoms with van der Waals surface area (Å²) in [5.74, 6) is -3.24. The molecular weight excluding hydrogens is 376 g/mol. The van der Waals surface area contributed by atoms with Crippen LogP contribution >= 0.6 is 11.6 Å². The normalized spacial score (nSPS) is 17.1. The molecule has 1 saturated carbocycles. The molecule has 1 fully saturated rings. The average molecular weight is 394 g/mol. The van der Waals surface area contributed by atoms with E-state index < -0.39 is 18.2 Å². The van der Waals surface area contributed by atoms with Crippen LogP contribution in [0.1, 0.15) is 44.5 Å². The number of fused-ring (bicyclic) bond motifs is 2. The number of rotatable bonds is 4. The number of pyridine rings is 1. The predicted octanol–water partition coefficient (Wildman–Crippen LogP) is 4.17. The number of amides is 1. The third-order valence-electron chi connectivity index (χ3n) is 5.09. The Kier molecular flexibility index (Phi) is 4.06. The molecule has 4 rings (SSSR count). The monoisotopic (exact) mass is 393 g/mol. The van der Waals surface area contributed by atoms with Gasteiger partial charge in [0.15, 0.2) is 0 Å². The van der Waals surface area contributed by atoms with Gasteiger partial charge in [-0.25, -0.2) is 15.0 Å². The van der Waals surface area contributed by atoms with Crippen LogP contribution in [0.25, 0.3) is 0 Å². The van der Waals surface area contributed by atoms with E-state index in [4.69, 9.17) is 11.6 Å². The van der Waals surface area contributed by atoms with Gasteiger partial charge < -0.3 is 10.2 Å². The lowest BCUT2D eigenvalue weighted by molar-refractivity contribution is -0.114. The number of nitrogens with zero attached hydrogens (tertiary/aromatic N) is 4. The van der Waals surface area contributed by atoms with Gasteiger partial charge in [0.2, 0.25) is 11.7 Å². The van der Waals surface area contributed by atoms with Gasteiger partial charge in [0.05, 0.1) is 5.69 Å². The predicted molar refractivity (Wildman–Crippen MR) is 97.7 cm³/mol. The third-order valence-corrected chi connectivity index (χ3v) is 5.29. The fraction of sp³-hybridized carbons (Fsp3) is 0.444. The lowest BCUT2D eigenvalue weighted by atomic mass is 10.0. The van der Waals surface area contributed by atoms with Crippen molar-refractivity contribution in [3.8, 4) is 0 Å². The van der Waals surface area contributed by atoms with E-state index >= 15 is 0 Å². The fourth-order valence-corrected chi connectivity index (χ4v) is 3.62. The fourth-order valence-electron chi connectivity index (χ4n) is 3.45. The van der Waals surface area contributed by atoms with E-state index in [2.05, 4.69) is 20.3 Å². The van der Waals surface area contributed by atoms with Gasteiger partial charge in [-0.1, -0.05) is 18.5 Å². The molecule has 2 aromatic rings. The highest BCUT2D eigenvalue weighted by Crippen LogP contribution is 2.58. The van der Waals surface area contributed by atoms with Crippen LogP contribution in [0, 0.1) is 0 Å². The Morgan fingerprint density at radius 1 is 1.37 bits per heavy atom. The minimum Gasteiger partial charge on any atom is -0.325 e. The van der Waals surface area contributed by atoms with Gasteiger partial charge in [0.25, 0.3) is 0 Å². The molecule has 0 unspecified atom stereocenters. The van der Waals surface area contributed by atoms with Crippen molar-refractivity contribution in [2.24, 2.45) is 0 Å². The summed E-state index contributed by atoms with van der Waals surface area (Å²) in [7, 11) is 0. The maximum Gasteiger partial charge on any atom is 0.306 e. The van der Waals surface area contributed by atoms with E-state index in [1.807, 2.05) is 4.90 Å². The molecule has 9 heteroatoms. The number of aromatic nitrogens is 3. The first-order valence-corrected chi connectivity index (χ1v) is 9.10. The van der Waals surface area contributed by atoms with E-state index in [1.54, 1.807) is 12.3 Å². The second-order valence-corrected chi connectivity index (χ2v) is 7.45. The van der Waals surface area contributed by atoms with Gasteiger partial charge >= 0.3 is 5.92 Å². The molecule has 0 aromatic carbocycles. The van der Waals surface area contributed by atoms with Crippen molar-refractivity contribution in [3.05, 3.63) is 34.9 Å². The third kappa shape index (κ3) is 3.12. The Morgan fingerprint density at radius 2 is 2.11 bits per heavy atom. The molecule has 1 aliphatic carbocycles. The van der Waals surface area contributed by atoms with Crippen molar-refractivity contribution in [3.63, 3.8) is 0 Å². The van der Waals surface area contributed by atoms with Crippen molar-refractivity contribution in [1.29, 1.82) is 0 Å². The first-order valence-electron chi connectivity index (χ1n) is 8.73. The van der Waals surface area contributed by atoms with Crippen molar-refractivity contribution in [2.45, 2.75) is 44.4 Å². The van der Waals surface area contributed by atoms with Crippen LogP contribution in [0.3, 0.4) is 0 Å². The molecule has 27 heavy (non-hydrogen) atoms. The van der Waals surface area contributed by atoms with Crippen LogP contribution in [-0.4, -0.2) is 27.4 Å². The van der Waals surface area contributed by atoms with Crippen LogP contribution in [0.4, 0.5) is 26.1 Å². The summed E-state index contributed by atoms with van der Waals surface area (Å²) in [4.78, 5) is 25.3. The number of carbonyl (C=O) groups excluding carboxylic acids is 1. The van der Waals surface area contributed by atoms with Gasteiger partial charge in [0.1, 0.15) is 16.8 Å². The largest absolute Gasteiger partial charge is 0.325 e. The van der Waals surface area contributed by atoms with Crippen molar-refractivity contribution >= 4 is 34.8 Å². The summed E-state index contributed by atoms with van der Waals surface area (Å²) >= 11 is 6.02. The van der Waals surface area contributed by atoms with Crippen LogP contribution < -0.4 is 10.2 Å². The number of hydrogen-bond donors (Lipinski definition) is 1. The summed E-state index contributed by atoms with van der Waals surface area (Å²) in [5, 5.41) is 2.62. The van der Waals surface area contributed by atoms with Crippen LogP contribution in [0.5, 0.6) is 0 Å². The molecule has 0 atom stereocenters. The second kappa shape index (κ2) is 6.09. The Hall–Kier alpha value is -2.35. The topological polar surface area (TPSA) is 71.0 Å². The zero-order valence-corrected chi connectivity index (χ0v) is 15.6. The minimum atomic E-state index is -3.15. The molecule has 3 heterocycles. The first-order chi connectivity index (χ1) is 12.7. The average Bonchev–Trinajstić information content (AvgIpc) is 3.31. The highest BCUT2D eigenvalue weighted by Gasteiger charge is 2.53. The molecule has 1 N–H and O–H groups in total. The van der Waals surface area contributed by atoms with Gasteiger partial charge in [-0.3, -0.25) is 4.79 Å². The smallest absolute Gasteiger partial charge is 0.306 e. The SMILES string of the molecule is CCC(F)(F)c1nc(Cl)cc(N2CC3(CC3)c3cnc(NC(C)=O)cc32)n1. The first kappa shape index (κ1) is 18.0. The Morgan fingerprint density at radius 3 is 2.74 bits per heavy atom. The van der Waals surface area contributed by atoms with E-state index in [1.165, 1.54) is 19.9 Å². The number of alkyl halides is 2. The van der Waals surface area contributed by atoms with Crippen LogP contribution in [0.2, 0.25) is 5.15 Å². The Labute approximate surface area is 160 Å². The van der Waals surface area contributed by atoms with E-state index in [0.29, 0.717) is 18.2 Å². The van der Waals surface area contributed by atoms with E-state index in [0.717, 1.165) is 24.1 Å². The van der Waals surface area contributed by atoms with Crippen LogP contribution in [-0.2, 0) is 16.1 Å². The van der Waals surface area contributed by atoms with Gasteiger partial charge in [0, 0.05) is 49.2 Å². The summed E-state index contributed by atoms with van der Waals surface area (Å²) < 4.78 is 28.3. The number of nitrogens with one attached hydrogen (secondary N) is 1. The molecule has 0 bridgehead atoms. The summed E-state index contributed by atoms with van der Waals surface area (Å²) in [6, 6.07) is 3.23.